The fourth-order valence-electron chi connectivity index (χ4n) is 0.743. The second kappa shape index (κ2) is 5.09. The van der Waals surface area contributed by atoms with E-state index in [4.69, 9.17) is 11.5 Å². The maximum atomic E-state index is 5.19. The van der Waals surface area contributed by atoms with E-state index < -0.39 is 0 Å². The molecule has 0 aromatic carbocycles. The van der Waals surface area contributed by atoms with Crippen molar-refractivity contribution in [2.75, 3.05) is 6.54 Å². The van der Waals surface area contributed by atoms with Crippen molar-refractivity contribution in [2.24, 2.45) is 17.4 Å². The van der Waals surface area contributed by atoms with Crippen LogP contribution in [0.5, 0.6) is 0 Å². The Balaban J connectivity index is 3.13. The molecule has 0 bridgehead atoms. The minimum Gasteiger partial charge on any atom is -0.291 e. The Kier molecular flexibility index (Phi) is 4.72. The molecule has 0 unspecified atom stereocenters. The Bertz CT molecular complexity index is 103. The highest BCUT2D eigenvalue weighted by Gasteiger charge is 1.92. The largest absolute Gasteiger partial charge is 0.338 e. The van der Waals surface area contributed by atoms with Crippen LogP contribution in [-0.4, -0.2) is 12.5 Å². The van der Waals surface area contributed by atoms with E-state index in [1.807, 2.05) is 0 Å². The number of nitrogens with two attached hydrogens (primary N) is 2. The van der Waals surface area contributed by atoms with Crippen molar-refractivity contribution < 1.29 is 4.99 Å². The molecule has 0 aliphatic heterocycles. The van der Waals surface area contributed by atoms with E-state index in [1.165, 1.54) is 6.42 Å². The lowest BCUT2D eigenvalue weighted by Gasteiger charge is -1.99. The molecular formula is C7H18N3+. The molecule has 0 saturated heterocycles. The average molecular weight is 144 g/mol. The summed E-state index contributed by atoms with van der Waals surface area (Å²) in [5, 5.41) is 0. The van der Waals surface area contributed by atoms with Crippen molar-refractivity contribution in [3.63, 3.8) is 0 Å². The van der Waals surface area contributed by atoms with Crippen molar-refractivity contribution in [3.05, 3.63) is 0 Å². The van der Waals surface area contributed by atoms with E-state index in [2.05, 4.69) is 18.8 Å². The molecule has 0 amide bonds. The van der Waals surface area contributed by atoms with Crippen molar-refractivity contribution in [3.8, 4) is 0 Å². The molecule has 10 heavy (non-hydrogen) atoms. The van der Waals surface area contributed by atoms with E-state index in [0.29, 0.717) is 5.96 Å². The van der Waals surface area contributed by atoms with Crippen molar-refractivity contribution in [2.45, 2.75) is 26.7 Å². The van der Waals surface area contributed by atoms with Gasteiger partial charge in [-0.3, -0.25) is 16.5 Å². The molecule has 0 rings (SSSR count). The lowest BCUT2D eigenvalue weighted by molar-refractivity contribution is -0.459. The molecular weight excluding hydrogens is 126 g/mol. The van der Waals surface area contributed by atoms with Crippen LogP contribution in [0.4, 0.5) is 0 Å². The fourth-order valence-corrected chi connectivity index (χ4v) is 0.743. The summed E-state index contributed by atoms with van der Waals surface area (Å²) in [6, 6.07) is 0. The Morgan fingerprint density at radius 2 is 2.00 bits per heavy atom. The molecule has 0 aromatic heterocycles. The van der Waals surface area contributed by atoms with Gasteiger partial charge >= 0.3 is 5.96 Å². The van der Waals surface area contributed by atoms with Crippen molar-refractivity contribution >= 4 is 5.96 Å². The molecule has 3 heteroatoms. The van der Waals surface area contributed by atoms with Gasteiger partial charge in [-0.25, -0.2) is 0 Å². The molecule has 0 saturated carbocycles. The van der Waals surface area contributed by atoms with Gasteiger partial charge in [0, 0.05) is 0 Å². The Morgan fingerprint density at radius 3 is 2.40 bits per heavy atom. The first-order valence-electron chi connectivity index (χ1n) is 3.74. The standard InChI is InChI=1S/C7H17N3/c1-6(2)4-3-5-10-7(8)9/h6H,3-5H2,1-2H3,(H4,8,9,10)/p+1. The van der Waals surface area contributed by atoms with Gasteiger partial charge in [0.2, 0.25) is 0 Å². The Morgan fingerprint density at radius 1 is 1.40 bits per heavy atom. The summed E-state index contributed by atoms with van der Waals surface area (Å²) in [6.07, 6.45) is 2.36. The lowest BCUT2D eigenvalue weighted by Crippen LogP contribution is -2.78. The maximum Gasteiger partial charge on any atom is 0.338 e. The van der Waals surface area contributed by atoms with Gasteiger partial charge in [0.25, 0.3) is 0 Å². The average Bonchev–Trinajstić information content (AvgIpc) is 1.79. The van der Waals surface area contributed by atoms with Gasteiger partial charge in [0.15, 0.2) is 0 Å². The third-order valence-electron chi connectivity index (χ3n) is 1.29. The number of nitrogens with one attached hydrogen (secondary N) is 1. The third kappa shape index (κ3) is 7.27. The van der Waals surface area contributed by atoms with Gasteiger partial charge in [-0.1, -0.05) is 13.8 Å². The summed E-state index contributed by atoms with van der Waals surface area (Å²) in [5.41, 5.74) is 10.4. The van der Waals surface area contributed by atoms with Crippen LogP contribution in [0, 0.1) is 5.92 Å². The van der Waals surface area contributed by atoms with Crippen molar-refractivity contribution in [1.29, 1.82) is 0 Å². The molecule has 0 atom stereocenters. The second-order valence-corrected chi connectivity index (χ2v) is 2.92. The summed E-state index contributed by atoms with van der Waals surface area (Å²) in [5.74, 6) is 1.09. The topological polar surface area (TPSA) is 66.0 Å². The van der Waals surface area contributed by atoms with E-state index in [-0.39, 0.29) is 0 Å². The van der Waals surface area contributed by atoms with Crippen LogP contribution < -0.4 is 16.5 Å². The van der Waals surface area contributed by atoms with Crippen LogP contribution in [0.1, 0.15) is 26.7 Å². The van der Waals surface area contributed by atoms with Crippen LogP contribution in [0.2, 0.25) is 0 Å². The number of hydrogen-bond donors (Lipinski definition) is 3. The quantitative estimate of drug-likeness (QED) is 0.263. The lowest BCUT2D eigenvalue weighted by atomic mass is 10.1. The molecule has 0 aromatic rings. The SMILES string of the molecule is CC(C)CCC[NH+]=C(N)N. The predicted molar refractivity (Wildman–Crippen MR) is 43.3 cm³/mol. The van der Waals surface area contributed by atoms with Crippen LogP contribution in [0.15, 0.2) is 0 Å². The molecule has 0 heterocycles. The Labute approximate surface area is 62.5 Å². The minimum absolute atomic E-state index is 0.323. The zero-order valence-electron chi connectivity index (χ0n) is 6.85. The first kappa shape index (κ1) is 9.27. The van der Waals surface area contributed by atoms with Crippen LogP contribution in [-0.2, 0) is 0 Å². The zero-order valence-corrected chi connectivity index (χ0v) is 6.85. The highest BCUT2D eigenvalue weighted by Crippen LogP contribution is 2.00. The summed E-state index contributed by atoms with van der Waals surface area (Å²) >= 11 is 0. The summed E-state index contributed by atoms with van der Waals surface area (Å²) in [4.78, 5) is 2.87. The molecule has 0 radical (unpaired) electrons. The molecule has 60 valence electrons. The van der Waals surface area contributed by atoms with Crippen LogP contribution in [0.25, 0.3) is 0 Å². The van der Waals surface area contributed by atoms with Crippen molar-refractivity contribution in [1.82, 2.24) is 0 Å². The highest BCUT2D eigenvalue weighted by atomic mass is 15.0. The molecule has 5 N–H and O–H groups in total. The Hall–Kier alpha value is -0.730. The second-order valence-electron chi connectivity index (χ2n) is 2.92. The van der Waals surface area contributed by atoms with Crippen LogP contribution in [0.3, 0.4) is 0 Å². The van der Waals surface area contributed by atoms with Crippen LogP contribution >= 0.6 is 0 Å². The van der Waals surface area contributed by atoms with Gasteiger partial charge in [-0.2, -0.15) is 0 Å². The van der Waals surface area contributed by atoms with E-state index in [9.17, 15) is 0 Å². The normalized spacial score (nSPS) is 9.90. The molecule has 0 aliphatic carbocycles. The first-order valence-corrected chi connectivity index (χ1v) is 3.74. The van der Waals surface area contributed by atoms with Gasteiger partial charge in [-0.05, 0) is 18.8 Å². The van der Waals surface area contributed by atoms with Gasteiger partial charge in [-0.15, -0.1) is 0 Å². The first-order chi connectivity index (χ1) is 4.63. The predicted octanol–water partition coefficient (Wildman–Crippen LogP) is -1.22. The zero-order chi connectivity index (χ0) is 7.98. The smallest absolute Gasteiger partial charge is 0.291 e. The minimum atomic E-state index is 0.323. The number of guanidine groups is 1. The molecule has 0 aliphatic rings. The van der Waals surface area contributed by atoms with Gasteiger partial charge < -0.3 is 0 Å². The number of rotatable bonds is 4. The molecule has 0 fully saturated rings. The number of hydrogen-bond acceptors (Lipinski definition) is 0. The third-order valence-corrected chi connectivity index (χ3v) is 1.29. The molecule has 0 spiro atoms. The van der Waals surface area contributed by atoms with Gasteiger partial charge in [0.1, 0.15) is 0 Å². The highest BCUT2D eigenvalue weighted by molar-refractivity contribution is 5.69. The maximum absolute atomic E-state index is 5.19. The summed E-state index contributed by atoms with van der Waals surface area (Å²) < 4.78 is 0. The monoisotopic (exact) mass is 144 g/mol. The fraction of sp³-hybridized carbons (Fsp3) is 0.857. The van der Waals surface area contributed by atoms with E-state index >= 15 is 0 Å². The summed E-state index contributed by atoms with van der Waals surface area (Å²) in [6.45, 7) is 5.30. The van der Waals surface area contributed by atoms with E-state index in [1.54, 1.807) is 0 Å². The summed E-state index contributed by atoms with van der Waals surface area (Å²) in [7, 11) is 0. The molecule has 3 nitrogen and oxygen atoms in total. The van der Waals surface area contributed by atoms with E-state index in [0.717, 1.165) is 18.9 Å². The van der Waals surface area contributed by atoms with Gasteiger partial charge in [0.05, 0.1) is 6.54 Å².